The first-order valence-corrected chi connectivity index (χ1v) is 8.44. The first kappa shape index (κ1) is 17.4. The van der Waals surface area contributed by atoms with E-state index >= 15 is 0 Å². The number of nitrogens with zero attached hydrogens (tertiary/aromatic N) is 3. The summed E-state index contributed by atoms with van der Waals surface area (Å²) in [5.41, 5.74) is 7.16. The molecular weight excluding hydrogens is 354 g/mol. The minimum atomic E-state index is -0.215. The normalized spacial score (nSPS) is 11.5. The number of carbonyl (C=O) groups excluding carboxylic acids is 1. The molecule has 8 nitrogen and oxygen atoms in total. The van der Waals surface area contributed by atoms with Crippen LogP contribution in [0.1, 0.15) is 11.1 Å². The summed E-state index contributed by atoms with van der Waals surface area (Å²) < 4.78 is 10.7. The van der Waals surface area contributed by atoms with E-state index in [0.717, 1.165) is 11.8 Å². The lowest BCUT2D eigenvalue weighted by Crippen LogP contribution is -2.20. The highest BCUT2D eigenvalue weighted by Gasteiger charge is 2.23. The molecule has 0 fully saturated rings. The van der Waals surface area contributed by atoms with Gasteiger partial charge in [-0.3, -0.25) is 4.79 Å². The fraction of sp³-hybridized carbons (Fsp3) is 0.176. The standard InChI is InChI=1S/C17H13N5O3S/c1-21-14(23)7-26-17-11(6-19)15(10(5-18)16(20)22-17)9-2-3-12-13(4-9)25-8-24-12/h2-4H,7-8H2,1H3,(H2,20,22)(H,21,23). The molecule has 3 rings (SSSR count). The van der Waals surface area contributed by atoms with Crippen LogP contribution in [0.15, 0.2) is 23.2 Å². The molecule has 0 atom stereocenters. The molecule has 0 spiro atoms. The monoisotopic (exact) mass is 367 g/mol. The van der Waals surface area contributed by atoms with Gasteiger partial charge in [0.15, 0.2) is 11.5 Å². The first-order valence-electron chi connectivity index (χ1n) is 7.46. The maximum Gasteiger partial charge on any atom is 0.231 e. The van der Waals surface area contributed by atoms with Crippen LogP contribution in [0.4, 0.5) is 5.82 Å². The van der Waals surface area contributed by atoms with Gasteiger partial charge in [-0.2, -0.15) is 10.5 Å². The van der Waals surface area contributed by atoms with Crippen molar-refractivity contribution in [1.82, 2.24) is 10.3 Å². The van der Waals surface area contributed by atoms with E-state index < -0.39 is 0 Å². The number of carbonyl (C=O) groups is 1. The van der Waals surface area contributed by atoms with Crippen molar-refractivity contribution >= 4 is 23.5 Å². The number of hydrogen-bond acceptors (Lipinski definition) is 8. The average molecular weight is 367 g/mol. The molecule has 1 aliphatic heterocycles. The Balaban J connectivity index is 2.16. The Kier molecular flexibility index (Phi) is 4.83. The molecule has 2 heterocycles. The van der Waals surface area contributed by atoms with Crippen LogP contribution in [-0.4, -0.2) is 30.5 Å². The van der Waals surface area contributed by atoms with E-state index in [0.29, 0.717) is 27.7 Å². The third-order valence-electron chi connectivity index (χ3n) is 3.70. The number of ether oxygens (including phenoxy) is 2. The number of nitrogens with one attached hydrogen (secondary N) is 1. The zero-order valence-corrected chi connectivity index (χ0v) is 14.5. The molecule has 0 aliphatic carbocycles. The Morgan fingerprint density at radius 2 is 2.04 bits per heavy atom. The molecule has 1 aliphatic rings. The molecule has 2 aromatic rings. The number of nitrogen functional groups attached to an aromatic ring is 1. The molecule has 130 valence electrons. The predicted molar refractivity (Wildman–Crippen MR) is 94.4 cm³/mol. The second-order valence-electron chi connectivity index (χ2n) is 5.18. The van der Waals surface area contributed by atoms with Crippen molar-refractivity contribution in [2.45, 2.75) is 5.03 Å². The fourth-order valence-corrected chi connectivity index (χ4v) is 3.32. The third-order valence-corrected chi connectivity index (χ3v) is 4.67. The molecular formula is C17H13N5O3S. The first-order chi connectivity index (χ1) is 12.6. The van der Waals surface area contributed by atoms with Crippen molar-refractivity contribution in [2.24, 2.45) is 0 Å². The Bertz CT molecular complexity index is 978. The SMILES string of the molecule is CNC(=O)CSc1nc(N)c(C#N)c(-c2ccc3c(c2)OCO3)c1C#N. The van der Waals surface area contributed by atoms with E-state index in [1.807, 2.05) is 6.07 Å². The topological polar surface area (TPSA) is 134 Å². The molecule has 1 aromatic heterocycles. The fourth-order valence-electron chi connectivity index (χ4n) is 2.45. The van der Waals surface area contributed by atoms with E-state index in [4.69, 9.17) is 15.2 Å². The highest BCUT2D eigenvalue weighted by molar-refractivity contribution is 8.00. The number of hydrogen-bond donors (Lipinski definition) is 2. The second-order valence-corrected chi connectivity index (χ2v) is 6.14. The molecule has 9 heteroatoms. The molecule has 1 aromatic carbocycles. The van der Waals surface area contributed by atoms with Crippen molar-refractivity contribution in [1.29, 1.82) is 10.5 Å². The molecule has 3 N–H and O–H groups in total. The van der Waals surface area contributed by atoms with Gasteiger partial charge < -0.3 is 20.5 Å². The maximum absolute atomic E-state index is 11.5. The lowest BCUT2D eigenvalue weighted by Gasteiger charge is -2.13. The smallest absolute Gasteiger partial charge is 0.231 e. The Hall–Kier alpha value is -3.43. The van der Waals surface area contributed by atoms with Gasteiger partial charge in [0.1, 0.15) is 28.5 Å². The van der Waals surface area contributed by atoms with Crippen LogP contribution < -0.4 is 20.5 Å². The summed E-state index contributed by atoms with van der Waals surface area (Å²) in [6.45, 7) is 0.112. The molecule has 0 unspecified atom stereocenters. The van der Waals surface area contributed by atoms with Gasteiger partial charge in [-0.15, -0.1) is 0 Å². The van der Waals surface area contributed by atoms with Gasteiger partial charge in [0, 0.05) is 12.6 Å². The summed E-state index contributed by atoms with van der Waals surface area (Å²) in [6.07, 6.45) is 0. The van der Waals surface area contributed by atoms with Crippen molar-refractivity contribution in [2.75, 3.05) is 25.3 Å². The summed E-state index contributed by atoms with van der Waals surface area (Å²) >= 11 is 1.08. The number of amides is 1. The van der Waals surface area contributed by atoms with Gasteiger partial charge in [-0.25, -0.2) is 4.98 Å². The number of aromatic nitrogens is 1. The Morgan fingerprint density at radius 3 is 2.73 bits per heavy atom. The number of thioether (sulfide) groups is 1. The van der Waals surface area contributed by atoms with Crippen LogP contribution in [0.2, 0.25) is 0 Å². The van der Waals surface area contributed by atoms with E-state index in [9.17, 15) is 15.3 Å². The van der Waals surface area contributed by atoms with Crippen LogP contribution in [0.3, 0.4) is 0 Å². The maximum atomic E-state index is 11.5. The Morgan fingerprint density at radius 1 is 1.31 bits per heavy atom. The summed E-state index contributed by atoms with van der Waals surface area (Å²) in [4.78, 5) is 15.7. The van der Waals surface area contributed by atoms with E-state index in [2.05, 4.69) is 16.4 Å². The van der Waals surface area contributed by atoms with E-state index in [1.54, 1.807) is 18.2 Å². The lowest BCUT2D eigenvalue weighted by atomic mass is 9.96. The summed E-state index contributed by atoms with van der Waals surface area (Å²) in [7, 11) is 1.52. The molecule has 1 amide bonds. The van der Waals surface area contributed by atoms with Gasteiger partial charge >= 0.3 is 0 Å². The number of anilines is 1. The Labute approximate surface area is 153 Å². The minimum absolute atomic E-state index is 0.00132. The van der Waals surface area contributed by atoms with Crippen LogP contribution in [0.25, 0.3) is 11.1 Å². The van der Waals surface area contributed by atoms with Crippen LogP contribution in [-0.2, 0) is 4.79 Å². The quantitative estimate of drug-likeness (QED) is 0.779. The van der Waals surface area contributed by atoms with Crippen molar-refractivity contribution in [3.8, 4) is 34.8 Å². The molecule has 0 saturated heterocycles. The van der Waals surface area contributed by atoms with Crippen molar-refractivity contribution < 1.29 is 14.3 Å². The summed E-state index contributed by atoms with van der Waals surface area (Å²) in [5, 5.41) is 22.0. The molecule has 0 saturated carbocycles. The number of nitriles is 2. The average Bonchev–Trinajstić information content (AvgIpc) is 3.13. The second kappa shape index (κ2) is 7.21. The highest BCUT2D eigenvalue weighted by atomic mass is 32.2. The number of benzene rings is 1. The zero-order valence-electron chi connectivity index (χ0n) is 13.7. The van der Waals surface area contributed by atoms with Gasteiger partial charge in [0.25, 0.3) is 0 Å². The van der Waals surface area contributed by atoms with Gasteiger partial charge in [-0.05, 0) is 17.7 Å². The van der Waals surface area contributed by atoms with E-state index in [1.165, 1.54) is 7.05 Å². The number of rotatable bonds is 4. The largest absolute Gasteiger partial charge is 0.454 e. The van der Waals surface area contributed by atoms with Crippen molar-refractivity contribution in [3.63, 3.8) is 0 Å². The number of fused-ring (bicyclic) bond motifs is 1. The van der Waals surface area contributed by atoms with Crippen LogP contribution >= 0.6 is 11.8 Å². The number of nitrogens with two attached hydrogens (primary N) is 1. The number of pyridine rings is 1. The van der Waals surface area contributed by atoms with Crippen LogP contribution in [0, 0.1) is 22.7 Å². The summed E-state index contributed by atoms with van der Waals surface area (Å²) in [5.74, 6) is 0.962. The zero-order chi connectivity index (χ0) is 18.7. The summed E-state index contributed by atoms with van der Waals surface area (Å²) in [6, 6.07) is 9.20. The van der Waals surface area contributed by atoms with Gasteiger partial charge in [0.05, 0.1) is 11.3 Å². The van der Waals surface area contributed by atoms with Crippen molar-refractivity contribution in [3.05, 3.63) is 29.3 Å². The van der Waals surface area contributed by atoms with E-state index in [-0.39, 0.29) is 35.4 Å². The minimum Gasteiger partial charge on any atom is -0.454 e. The molecule has 0 radical (unpaired) electrons. The predicted octanol–water partition coefficient (Wildman–Crippen LogP) is 1.64. The van der Waals surface area contributed by atoms with Crippen LogP contribution in [0.5, 0.6) is 11.5 Å². The third kappa shape index (κ3) is 3.08. The lowest BCUT2D eigenvalue weighted by molar-refractivity contribution is -0.118. The highest BCUT2D eigenvalue weighted by Crippen LogP contribution is 2.40. The molecule has 26 heavy (non-hydrogen) atoms. The van der Waals surface area contributed by atoms with Gasteiger partial charge in [0.2, 0.25) is 12.7 Å². The van der Waals surface area contributed by atoms with Gasteiger partial charge in [-0.1, -0.05) is 17.8 Å². The molecule has 0 bridgehead atoms.